The highest BCUT2D eigenvalue weighted by atomic mass is 19.1. The number of anilines is 1. The molecule has 2 fully saturated rings. The van der Waals surface area contributed by atoms with E-state index in [2.05, 4.69) is 23.2 Å². The number of piperidine rings is 1. The van der Waals surface area contributed by atoms with Crippen molar-refractivity contribution in [3.63, 3.8) is 0 Å². The molecule has 3 heteroatoms. The summed E-state index contributed by atoms with van der Waals surface area (Å²) in [5, 5.41) is 3.64. The number of hydrogen-bond acceptors (Lipinski definition) is 2. The Morgan fingerprint density at radius 2 is 1.81 bits per heavy atom. The van der Waals surface area contributed by atoms with Crippen molar-refractivity contribution < 1.29 is 4.39 Å². The molecule has 1 saturated carbocycles. The van der Waals surface area contributed by atoms with E-state index in [-0.39, 0.29) is 11.9 Å². The van der Waals surface area contributed by atoms with Crippen LogP contribution in [0.3, 0.4) is 0 Å². The summed E-state index contributed by atoms with van der Waals surface area (Å²) in [5.74, 6) is -0.0607. The number of benzene rings is 1. The highest BCUT2D eigenvalue weighted by Gasteiger charge is 2.19. The van der Waals surface area contributed by atoms with Gasteiger partial charge < -0.3 is 10.2 Å². The van der Waals surface area contributed by atoms with Crippen LogP contribution in [0.15, 0.2) is 18.2 Å². The fraction of sp³-hybridized carbons (Fsp3) is 0.667. The van der Waals surface area contributed by atoms with Crippen LogP contribution in [-0.4, -0.2) is 19.1 Å². The maximum atomic E-state index is 14.4. The molecule has 0 spiro atoms. The van der Waals surface area contributed by atoms with E-state index in [1.165, 1.54) is 44.9 Å². The molecule has 1 atom stereocenters. The molecule has 1 aliphatic carbocycles. The van der Waals surface area contributed by atoms with Gasteiger partial charge in [0.2, 0.25) is 0 Å². The summed E-state index contributed by atoms with van der Waals surface area (Å²) < 4.78 is 14.4. The standard InChI is InChI=1S/C18H27FN2/c1-14(20-16-7-3-4-8-16)15-9-10-18(17(19)13-15)21-11-5-2-6-12-21/h9-10,13-14,16,20H,2-8,11-12H2,1H3/t14-/m1/s1. The fourth-order valence-electron chi connectivity index (χ4n) is 3.73. The molecule has 2 aliphatic rings. The maximum absolute atomic E-state index is 14.4. The minimum Gasteiger partial charge on any atom is -0.369 e. The SMILES string of the molecule is C[C@@H](NC1CCCC1)c1ccc(N2CCCCC2)c(F)c1. The van der Waals surface area contributed by atoms with Gasteiger partial charge in [0.1, 0.15) is 5.82 Å². The van der Waals surface area contributed by atoms with Gasteiger partial charge >= 0.3 is 0 Å². The van der Waals surface area contributed by atoms with Gasteiger partial charge in [0.25, 0.3) is 0 Å². The van der Waals surface area contributed by atoms with Crippen LogP contribution in [-0.2, 0) is 0 Å². The number of nitrogens with one attached hydrogen (secondary N) is 1. The predicted molar refractivity (Wildman–Crippen MR) is 86.3 cm³/mol. The lowest BCUT2D eigenvalue weighted by molar-refractivity contribution is 0.459. The van der Waals surface area contributed by atoms with Crippen molar-refractivity contribution in [2.75, 3.05) is 18.0 Å². The van der Waals surface area contributed by atoms with Crippen molar-refractivity contribution in [3.05, 3.63) is 29.6 Å². The molecule has 21 heavy (non-hydrogen) atoms. The Kier molecular flexibility index (Phi) is 4.79. The zero-order valence-corrected chi connectivity index (χ0v) is 13.1. The molecule has 1 saturated heterocycles. The van der Waals surface area contributed by atoms with Crippen molar-refractivity contribution in [2.24, 2.45) is 0 Å². The molecule has 0 radical (unpaired) electrons. The third-order valence-electron chi connectivity index (χ3n) is 5.01. The molecule has 0 aromatic heterocycles. The van der Waals surface area contributed by atoms with Gasteiger partial charge in [-0.1, -0.05) is 18.9 Å². The zero-order chi connectivity index (χ0) is 14.7. The Labute approximate surface area is 127 Å². The first kappa shape index (κ1) is 14.8. The first-order chi connectivity index (χ1) is 10.2. The van der Waals surface area contributed by atoms with E-state index >= 15 is 0 Å². The van der Waals surface area contributed by atoms with Crippen molar-refractivity contribution >= 4 is 5.69 Å². The van der Waals surface area contributed by atoms with Crippen LogP contribution in [0.5, 0.6) is 0 Å². The van der Waals surface area contributed by atoms with Crippen molar-refractivity contribution in [1.29, 1.82) is 0 Å². The quantitative estimate of drug-likeness (QED) is 0.883. The number of rotatable bonds is 4. The molecule has 1 aromatic rings. The second kappa shape index (κ2) is 6.78. The van der Waals surface area contributed by atoms with Gasteiger partial charge in [0.15, 0.2) is 0 Å². The van der Waals surface area contributed by atoms with Crippen LogP contribution >= 0.6 is 0 Å². The summed E-state index contributed by atoms with van der Waals surface area (Å²) in [6.45, 7) is 4.13. The summed E-state index contributed by atoms with van der Waals surface area (Å²) >= 11 is 0. The predicted octanol–water partition coefficient (Wildman–Crippen LogP) is 4.41. The number of hydrogen-bond donors (Lipinski definition) is 1. The van der Waals surface area contributed by atoms with E-state index in [9.17, 15) is 4.39 Å². The van der Waals surface area contributed by atoms with E-state index in [1.54, 1.807) is 6.07 Å². The Morgan fingerprint density at radius 3 is 2.48 bits per heavy atom. The molecular weight excluding hydrogens is 263 g/mol. The highest BCUT2D eigenvalue weighted by molar-refractivity contribution is 5.49. The Bertz CT molecular complexity index is 462. The van der Waals surface area contributed by atoms with Crippen LogP contribution < -0.4 is 10.2 Å². The van der Waals surface area contributed by atoms with Gasteiger partial charge in [-0.25, -0.2) is 4.39 Å². The first-order valence-electron chi connectivity index (χ1n) is 8.54. The van der Waals surface area contributed by atoms with Gasteiger partial charge in [0, 0.05) is 25.2 Å². The second-order valence-electron chi connectivity index (χ2n) is 6.63. The second-order valence-corrected chi connectivity index (χ2v) is 6.63. The zero-order valence-electron chi connectivity index (χ0n) is 13.1. The summed E-state index contributed by atoms with van der Waals surface area (Å²) in [6.07, 6.45) is 8.82. The molecule has 116 valence electrons. The van der Waals surface area contributed by atoms with Crippen LogP contribution in [0.1, 0.15) is 63.5 Å². The lowest BCUT2D eigenvalue weighted by Crippen LogP contribution is -2.31. The van der Waals surface area contributed by atoms with Crippen LogP contribution in [0.25, 0.3) is 0 Å². The summed E-state index contributed by atoms with van der Waals surface area (Å²) in [5.41, 5.74) is 1.85. The molecule has 1 aromatic carbocycles. The Balaban J connectivity index is 1.67. The minimum atomic E-state index is -0.0607. The molecule has 0 amide bonds. The normalized spacial score (nSPS) is 21.7. The van der Waals surface area contributed by atoms with Gasteiger partial charge in [-0.05, 0) is 56.7 Å². The van der Waals surface area contributed by atoms with Crippen LogP contribution in [0.2, 0.25) is 0 Å². The summed E-state index contributed by atoms with van der Waals surface area (Å²) in [7, 11) is 0. The Hall–Kier alpha value is -1.09. The average Bonchev–Trinajstić information content (AvgIpc) is 3.01. The smallest absolute Gasteiger partial charge is 0.146 e. The third kappa shape index (κ3) is 3.57. The van der Waals surface area contributed by atoms with Gasteiger partial charge in [-0.2, -0.15) is 0 Å². The van der Waals surface area contributed by atoms with Crippen molar-refractivity contribution in [1.82, 2.24) is 5.32 Å². The summed E-state index contributed by atoms with van der Waals surface area (Å²) in [6, 6.07) is 6.65. The minimum absolute atomic E-state index is 0.0607. The molecule has 1 aliphatic heterocycles. The molecule has 0 unspecified atom stereocenters. The molecule has 1 N–H and O–H groups in total. The van der Waals surface area contributed by atoms with Crippen molar-refractivity contribution in [2.45, 2.75) is 64.0 Å². The van der Waals surface area contributed by atoms with E-state index in [1.807, 2.05) is 6.07 Å². The lowest BCUT2D eigenvalue weighted by Gasteiger charge is -2.29. The van der Waals surface area contributed by atoms with Crippen molar-refractivity contribution in [3.8, 4) is 0 Å². The third-order valence-corrected chi connectivity index (χ3v) is 5.01. The molecule has 1 heterocycles. The van der Waals surface area contributed by atoms with E-state index < -0.39 is 0 Å². The van der Waals surface area contributed by atoms with Gasteiger partial charge in [0.05, 0.1) is 5.69 Å². The van der Waals surface area contributed by atoms with Gasteiger partial charge in [-0.15, -0.1) is 0 Å². The van der Waals surface area contributed by atoms with Gasteiger partial charge in [-0.3, -0.25) is 0 Å². The largest absolute Gasteiger partial charge is 0.369 e. The lowest BCUT2D eigenvalue weighted by atomic mass is 10.0. The first-order valence-corrected chi connectivity index (χ1v) is 8.54. The van der Waals surface area contributed by atoms with E-state index in [4.69, 9.17) is 0 Å². The van der Waals surface area contributed by atoms with Crippen LogP contribution in [0.4, 0.5) is 10.1 Å². The Morgan fingerprint density at radius 1 is 1.10 bits per heavy atom. The average molecular weight is 290 g/mol. The maximum Gasteiger partial charge on any atom is 0.146 e. The molecule has 0 bridgehead atoms. The van der Waals surface area contributed by atoms with Crippen LogP contribution in [0, 0.1) is 5.82 Å². The van der Waals surface area contributed by atoms with E-state index in [0.29, 0.717) is 6.04 Å². The molecular formula is C18H27FN2. The highest BCUT2D eigenvalue weighted by Crippen LogP contribution is 2.27. The number of nitrogens with zero attached hydrogens (tertiary/aromatic N) is 1. The topological polar surface area (TPSA) is 15.3 Å². The monoisotopic (exact) mass is 290 g/mol. The molecule has 3 rings (SSSR count). The fourth-order valence-corrected chi connectivity index (χ4v) is 3.73. The number of halogens is 1. The van der Waals surface area contributed by atoms with E-state index in [0.717, 1.165) is 24.3 Å². The summed E-state index contributed by atoms with van der Waals surface area (Å²) in [4.78, 5) is 2.19. The molecule has 2 nitrogen and oxygen atoms in total.